The molecule has 0 spiro atoms. The Balaban J connectivity index is 2.03. The van der Waals surface area contributed by atoms with Crippen LogP contribution in [0.4, 0.5) is 0 Å². The van der Waals surface area contributed by atoms with Gasteiger partial charge in [-0.3, -0.25) is 4.55 Å². The average Bonchev–Trinajstić information content (AvgIpc) is 2.53. The lowest BCUT2D eigenvalue weighted by Crippen LogP contribution is -2.40. The van der Waals surface area contributed by atoms with E-state index >= 15 is 0 Å². The van der Waals surface area contributed by atoms with Gasteiger partial charge in [-0.1, -0.05) is 18.9 Å². The van der Waals surface area contributed by atoms with Gasteiger partial charge in [0.05, 0.1) is 6.10 Å². The Hall–Kier alpha value is -0.470. The Morgan fingerprint density at radius 3 is 2.33 bits per heavy atom. The maximum absolute atomic E-state index is 11.1. The van der Waals surface area contributed by atoms with Gasteiger partial charge >= 0.3 is 10.3 Å². The third-order valence-corrected chi connectivity index (χ3v) is 5.78. The summed E-state index contributed by atoms with van der Waals surface area (Å²) in [6.45, 7) is 6.57. The minimum atomic E-state index is -4.08. The van der Waals surface area contributed by atoms with Crippen LogP contribution in [0.2, 0.25) is 0 Å². The minimum Gasteiger partial charge on any atom is -0.378 e. The van der Waals surface area contributed by atoms with Crippen LogP contribution >= 0.6 is 0 Å². The van der Waals surface area contributed by atoms with E-state index in [0.29, 0.717) is 0 Å². The second kappa shape index (κ2) is 11.2. The van der Waals surface area contributed by atoms with Gasteiger partial charge in [0.1, 0.15) is 0 Å². The van der Waals surface area contributed by atoms with E-state index in [9.17, 15) is 8.42 Å². The van der Waals surface area contributed by atoms with E-state index in [2.05, 4.69) is 18.5 Å². The quantitative estimate of drug-likeness (QED) is 0.328. The van der Waals surface area contributed by atoms with Crippen molar-refractivity contribution >= 4 is 10.3 Å². The summed E-state index contributed by atoms with van der Waals surface area (Å²) < 4.78 is 38.3. The first-order chi connectivity index (χ1) is 11.3. The molecule has 0 heterocycles. The molecule has 0 unspecified atom stereocenters. The molecule has 7 heteroatoms. The molecular weight excluding hydrogens is 328 g/mol. The summed E-state index contributed by atoms with van der Waals surface area (Å²) in [4.78, 5) is 2.27. The first-order valence-electron chi connectivity index (χ1n) is 8.96. The second-order valence-corrected chi connectivity index (χ2v) is 8.23. The fourth-order valence-corrected chi connectivity index (χ4v) is 3.75. The van der Waals surface area contributed by atoms with Crippen molar-refractivity contribution in [3.05, 3.63) is 12.7 Å². The lowest BCUT2D eigenvalue weighted by Gasteiger charge is -2.32. The number of hydrogen-bond donors (Lipinski definition) is 1. The van der Waals surface area contributed by atoms with E-state index in [1.54, 1.807) is 0 Å². The van der Waals surface area contributed by atoms with E-state index in [0.717, 1.165) is 56.1 Å². The summed E-state index contributed by atoms with van der Waals surface area (Å²) >= 11 is 0. The van der Waals surface area contributed by atoms with E-state index in [1.807, 2.05) is 6.08 Å². The van der Waals surface area contributed by atoms with Crippen LogP contribution in [0.15, 0.2) is 12.7 Å². The number of nitrogens with zero attached hydrogens (tertiary/aromatic N) is 2. The highest BCUT2D eigenvalue weighted by Crippen LogP contribution is 2.25. The summed E-state index contributed by atoms with van der Waals surface area (Å²) in [7, 11) is -0.526. The first-order valence-corrected chi connectivity index (χ1v) is 10.4. The van der Waals surface area contributed by atoms with Crippen molar-refractivity contribution in [1.29, 1.82) is 0 Å². The maximum atomic E-state index is 11.1. The molecule has 0 aromatic rings. The first kappa shape index (κ1) is 21.6. The molecule has 0 radical (unpaired) electrons. The highest BCUT2D eigenvalue weighted by Gasteiger charge is 2.29. The predicted octanol–water partition coefficient (Wildman–Crippen LogP) is 2.73. The zero-order valence-electron chi connectivity index (χ0n) is 15.2. The van der Waals surface area contributed by atoms with Gasteiger partial charge in [0.15, 0.2) is 0 Å². The monoisotopic (exact) mass is 362 g/mol. The molecule has 0 atom stereocenters. The topological polar surface area (TPSA) is 70.1 Å². The Morgan fingerprint density at radius 2 is 1.75 bits per heavy atom. The van der Waals surface area contributed by atoms with Gasteiger partial charge in [0.25, 0.3) is 0 Å². The second-order valence-electron chi connectivity index (χ2n) is 6.76. The lowest BCUT2D eigenvalue weighted by molar-refractivity contribution is 0.0151. The van der Waals surface area contributed by atoms with Gasteiger partial charge in [0, 0.05) is 26.2 Å². The molecule has 0 aliphatic heterocycles. The van der Waals surface area contributed by atoms with Crippen molar-refractivity contribution < 1.29 is 17.7 Å². The molecule has 1 saturated carbocycles. The number of likely N-dealkylation sites (N-methyl/N-ethyl adjacent to an activating group) is 1. The molecule has 24 heavy (non-hydrogen) atoms. The van der Waals surface area contributed by atoms with Crippen LogP contribution in [0, 0.1) is 0 Å². The van der Waals surface area contributed by atoms with Crippen LogP contribution in [0.5, 0.6) is 0 Å². The van der Waals surface area contributed by atoms with E-state index in [-0.39, 0.29) is 12.1 Å². The Bertz CT molecular complexity index is 448. The summed E-state index contributed by atoms with van der Waals surface area (Å²) in [6, 6.07) is -0.104. The van der Waals surface area contributed by atoms with Crippen LogP contribution in [0.1, 0.15) is 51.4 Å². The zero-order valence-corrected chi connectivity index (χ0v) is 16.0. The van der Waals surface area contributed by atoms with E-state index in [1.165, 1.54) is 26.3 Å². The van der Waals surface area contributed by atoms with Crippen molar-refractivity contribution in [2.24, 2.45) is 0 Å². The van der Waals surface area contributed by atoms with Crippen molar-refractivity contribution in [3.8, 4) is 0 Å². The number of unbranched alkanes of at least 4 members (excludes halogenated alkanes) is 3. The van der Waals surface area contributed by atoms with Crippen LogP contribution in [-0.4, -0.2) is 68.1 Å². The molecule has 1 fully saturated rings. The minimum absolute atomic E-state index is 0.104. The Morgan fingerprint density at radius 1 is 1.12 bits per heavy atom. The summed E-state index contributed by atoms with van der Waals surface area (Å²) in [5.41, 5.74) is 0. The smallest absolute Gasteiger partial charge is 0.335 e. The van der Waals surface area contributed by atoms with Gasteiger partial charge in [-0.15, -0.1) is 6.58 Å². The standard InChI is InChI=1S/C17H34N2O4S/c1-4-13-18(2)14-7-5-6-8-15-23-17-11-9-16(10-12-17)19(3)24(20,21)22/h4,16-17H,1,5-15H2,2-3H3,(H,20,21,22)/t16-,17-. The molecule has 0 aromatic heterocycles. The van der Waals surface area contributed by atoms with Crippen LogP contribution in [0.3, 0.4) is 0 Å². The summed E-state index contributed by atoms with van der Waals surface area (Å²) in [6.07, 6.45) is 10.1. The SMILES string of the molecule is C=CCN(C)CCCCCCO[C@H]1CC[C@H](N(C)S(=O)(=O)O)CC1. The third kappa shape index (κ3) is 8.58. The number of rotatable bonds is 12. The summed E-state index contributed by atoms with van der Waals surface area (Å²) in [5, 5.41) is 0. The Labute approximate surface area is 147 Å². The molecule has 6 nitrogen and oxygen atoms in total. The molecule has 0 amide bonds. The lowest BCUT2D eigenvalue weighted by atomic mass is 9.93. The summed E-state index contributed by atoms with van der Waals surface area (Å²) in [5.74, 6) is 0. The molecule has 1 N–H and O–H groups in total. The largest absolute Gasteiger partial charge is 0.378 e. The maximum Gasteiger partial charge on any atom is 0.335 e. The fourth-order valence-electron chi connectivity index (χ4n) is 3.16. The number of ether oxygens (including phenoxy) is 1. The third-order valence-electron chi connectivity index (χ3n) is 4.75. The van der Waals surface area contributed by atoms with Gasteiger partial charge in [-0.25, -0.2) is 0 Å². The highest BCUT2D eigenvalue weighted by atomic mass is 32.2. The normalized spacial score (nSPS) is 22.2. The molecule has 0 bridgehead atoms. The van der Waals surface area contributed by atoms with Gasteiger partial charge in [-0.05, 0) is 52.1 Å². The van der Waals surface area contributed by atoms with Crippen molar-refractivity contribution in [1.82, 2.24) is 9.21 Å². The Kier molecular flexibility index (Phi) is 10.1. The van der Waals surface area contributed by atoms with Gasteiger partial charge in [0.2, 0.25) is 0 Å². The van der Waals surface area contributed by atoms with Crippen LogP contribution < -0.4 is 0 Å². The molecule has 1 aliphatic carbocycles. The molecule has 1 rings (SSSR count). The highest BCUT2D eigenvalue weighted by molar-refractivity contribution is 7.83. The zero-order chi connectivity index (χ0) is 18.0. The molecule has 142 valence electrons. The van der Waals surface area contributed by atoms with E-state index in [4.69, 9.17) is 9.29 Å². The molecule has 0 aromatic carbocycles. The molecule has 0 saturated heterocycles. The predicted molar refractivity (Wildman–Crippen MR) is 97.5 cm³/mol. The van der Waals surface area contributed by atoms with Gasteiger partial charge in [-0.2, -0.15) is 12.7 Å². The fraction of sp³-hybridized carbons (Fsp3) is 0.882. The number of hydrogen-bond acceptors (Lipinski definition) is 4. The average molecular weight is 363 g/mol. The van der Waals surface area contributed by atoms with Crippen molar-refractivity contribution in [2.45, 2.75) is 63.5 Å². The van der Waals surface area contributed by atoms with Crippen LogP contribution in [-0.2, 0) is 15.0 Å². The van der Waals surface area contributed by atoms with Gasteiger partial charge < -0.3 is 9.64 Å². The molecular formula is C17H34N2O4S. The van der Waals surface area contributed by atoms with Crippen LogP contribution in [0.25, 0.3) is 0 Å². The van der Waals surface area contributed by atoms with E-state index < -0.39 is 10.3 Å². The van der Waals surface area contributed by atoms with Crippen molar-refractivity contribution in [2.75, 3.05) is 33.8 Å². The van der Waals surface area contributed by atoms with Crippen molar-refractivity contribution in [3.63, 3.8) is 0 Å². The molecule has 1 aliphatic rings.